The van der Waals surface area contributed by atoms with Crippen LogP contribution in [0.5, 0.6) is 5.75 Å². The second-order valence-corrected chi connectivity index (χ2v) is 9.97. The Balaban J connectivity index is 1.23. The van der Waals surface area contributed by atoms with Crippen molar-refractivity contribution in [1.29, 1.82) is 0 Å². The van der Waals surface area contributed by atoms with Crippen LogP contribution >= 0.6 is 11.3 Å². The van der Waals surface area contributed by atoms with Crippen LogP contribution in [0.1, 0.15) is 45.6 Å². The molecule has 0 bridgehead atoms. The molecule has 5 rings (SSSR count). The van der Waals surface area contributed by atoms with Crippen molar-refractivity contribution in [3.8, 4) is 16.9 Å². The van der Waals surface area contributed by atoms with Gasteiger partial charge in [0.05, 0.1) is 10.7 Å². The van der Waals surface area contributed by atoms with Crippen molar-refractivity contribution >= 4 is 22.9 Å². The number of phenolic OH excluding ortho intramolecular Hbond substituents is 1. The summed E-state index contributed by atoms with van der Waals surface area (Å²) in [7, 11) is 0. The number of phenols is 1. The number of aromatic nitrogens is 2. The summed E-state index contributed by atoms with van der Waals surface area (Å²) in [5, 5.41) is 15.2. The van der Waals surface area contributed by atoms with E-state index >= 15 is 0 Å². The number of hydrogen-bond donors (Lipinski definition) is 2. The van der Waals surface area contributed by atoms with E-state index in [4.69, 9.17) is 0 Å². The molecule has 0 atom stereocenters. The number of aromatic hydroxyl groups is 1. The number of carbonyl (C=O) groups excluding carboxylic acids is 1. The van der Waals surface area contributed by atoms with Crippen molar-refractivity contribution < 1.29 is 14.3 Å². The molecule has 2 aromatic heterocycles. The summed E-state index contributed by atoms with van der Waals surface area (Å²) < 4.78 is 14.0. The molecule has 0 saturated carbocycles. The first kappa shape index (κ1) is 24.1. The number of nitrogens with zero attached hydrogens (tertiary/aromatic N) is 3. The van der Waals surface area contributed by atoms with Gasteiger partial charge in [-0.05, 0) is 80.9 Å². The standard InChI is InChI=1S/C28H27FN4O2S/c1-18-3-2-4-22(30-18)16-33-13-11-20(12-14-33)28-32-26(17-36-28)27(35)31-25-10-7-21(29)15-24(25)19-5-8-23(34)9-6-19/h2-10,15,17,20,34H,11-14,16H2,1H3,(H,31,35). The first-order valence-corrected chi connectivity index (χ1v) is 12.8. The molecule has 2 aromatic carbocycles. The number of anilines is 1. The third kappa shape index (κ3) is 5.61. The molecule has 4 aromatic rings. The van der Waals surface area contributed by atoms with Gasteiger partial charge in [-0.1, -0.05) is 18.2 Å². The molecular weight excluding hydrogens is 475 g/mol. The van der Waals surface area contributed by atoms with E-state index in [1.165, 1.54) is 35.6 Å². The van der Waals surface area contributed by atoms with Crippen LogP contribution in [0.15, 0.2) is 66.0 Å². The van der Waals surface area contributed by atoms with E-state index in [2.05, 4.69) is 26.3 Å². The van der Waals surface area contributed by atoms with Crippen LogP contribution in [0.3, 0.4) is 0 Å². The molecule has 0 aliphatic carbocycles. The van der Waals surface area contributed by atoms with Gasteiger partial charge >= 0.3 is 0 Å². The summed E-state index contributed by atoms with van der Waals surface area (Å²) in [5.74, 6) is -0.284. The van der Waals surface area contributed by atoms with Gasteiger partial charge in [-0.3, -0.25) is 14.7 Å². The van der Waals surface area contributed by atoms with Crippen molar-refractivity contribution in [2.45, 2.75) is 32.2 Å². The number of nitrogens with one attached hydrogen (secondary N) is 1. The number of pyridine rings is 1. The fourth-order valence-corrected chi connectivity index (χ4v) is 5.50. The number of amides is 1. The molecular formula is C28H27FN4O2S. The summed E-state index contributed by atoms with van der Waals surface area (Å²) in [6.45, 7) is 4.79. The average Bonchev–Trinajstić information content (AvgIpc) is 3.37. The number of rotatable bonds is 6. The highest BCUT2D eigenvalue weighted by Gasteiger charge is 2.24. The number of benzene rings is 2. The number of halogens is 1. The third-order valence-corrected chi connectivity index (χ3v) is 7.44. The molecule has 1 fully saturated rings. The van der Waals surface area contributed by atoms with E-state index in [0.717, 1.165) is 48.9 Å². The number of thiazole rings is 1. The van der Waals surface area contributed by atoms with Crippen LogP contribution < -0.4 is 5.32 Å². The van der Waals surface area contributed by atoms with Gasteiger partial charge < -0.3 is 10.4 Å². The fourth-order valence-electron chi connectivity index (χ4n) is 4.53. The highest BCUT2D eigenvalue weighted by molar-refractivity contribution is 7.10. The van der Waals surface area contributed by atoms with Crippen molar-refractivity contribution in [3.05, 3.63) is 94.0 Å². The van der Waals surface area contributed by atoms with E-state index in [0.29, 0.717) is 28.4 Å². The lowest BCUT2D eigenvalue weighted by molar-refractivity contribution is 0.102. The van der Waals surface area contributed by atoms with Gasteiger partial charge in [0.15, 0.2) is 0 Å². The lowest BCUT2D eigenvalue weighted by Gasteiger charge is -2.30. The maximum absolute atomic E-state index is 14.0. The highest BCUT2D eigenvalue weighted by Crippen LogP contribution is 2.33. The number of aryl methyl sites for hydroxylation is 1. The summed E-state index contributed by atoms with van der Waals surface area (Å²) in [6, 6.07) is 16.8. The molecule has 0 unspecified atom stereocenters. The van der Waals surface area contributed by atoms with E-state index in [-0.39, 0.29) is 11.7 Å². The summed E-state index contributed by atoms with van der Waals surface area (Å²) in [6.07, 6.45) is 1.98. The molecule has 0 radical (unpaired) electrons. The quantitative estimate of drug-likeness (QED) is 0.339. The zero-order valence-electron chi connectivity index (χ0n) is 19.9. The highest BCUT2D eigenvalue weighted by atomic mass is 32.1. The van der Waals surface area contributed by atoms with Crippen molar-refractivity contribution in [2.75, 3.05) is 18.4 Å². The van der Waals surface area contributed by atoms with Crippen molar-refractivity contribution in [3.63, 3.8) is 0 Å². The Morgan fingerprint density at radius 2 is 1.89 bits per heavy atom. The Morgan fingerprint density at radius 1 is 1.11 bits per heavy atom. The molecule has 1 aliphatic rings. The van der Waals surface area contributed by atoms with Gasteiger partial charge in [0.1, 0.15) is 17.3 Å². The van der Waals surface area contributed by atoms with Crippen LogP contribution in [0.4, 0.5) is 10.1 Å². The lowest BCUT2D eigenvalue weighted by Crippen LogP contribution is -2.32. The van der Waals surface area contributed by atoms with E-state index in [1.807, 2.05) is 19.1 Å². The van der Waals surface area contributed by atoms with Crippen LogP contribution in [0.2, 0.25) is 0 Å². The Morgan fingerprint density at radius 3 is 2.64 bits per heavy atom. The molecule has 184 valence electrons. The van der Waals surface area contributed by atoms with Gasteiger partial charge in [-0.15, -0.1) is 11.3 Å². The van der Waals surface area contributed by atoms with E-state index < -0.39 is 5.82 Å². The molecule has 36 heavy (non-hydrogen) atoms. The monoisotopic (exact) mass is 502 g/mol. The van der Waals surface area contributed by atoms with Gasteiger partial charge in [0.2, 0.25) is 0 Å². The molecule has 0 spiro atoms. The first-order valence-electron chi connectivity index (χ1n) is 12.0. The molecule has 3 heterocycles. The summed E-state index contributed by atoms with van der Waals surface area (Å²) in [4.78, 5) is 24.7. The summed E-state index contributed by atoms with van der Waals surface area (Å²) in [5.41, 5.74) is 4.20. The lowest BCUT2D eigenvalue weighted by atomic mass is 9.97. The SMILES string of the molecule is Cc1cccc(CN2CCC(c3nc(C(=O)Nc4ccc(F)cc4-c4ccc(O)cc4)cs3)CC2)n1. The van der Waals surface area contributed by atoms with Crippen LogP contribution in [-0.2, 0) is 6.54 Å². The number of carbonyl (C=O) groups is 1. The number of piperidine rings is 1. The maximum Gasteiger partial charge on any atom is 0.275 e. The molecule has 1 amide bonds. The van der Waals surface area contributed by atoms with Gasteiger partial charge in [0.25, 0.3) is 5.91 Å². The molecule has 6 nitrogen and oxygen atoms in total. The van der Waals surface area contributed by atoms with E-state index in [1.54, 1.807) is 23.6 Å². The predicted octanol–water partition coefficient (Wildman–Crippen LogP) is 5.99. The second kappa shape index (κ2) is 10.6. The number of hydrogen-bond acceptors (Lipinski definition) is 6. The van der Waals surface area contributed by atoms with Crippen LogP contribution in [-0.4, -0.2) is 39.0 Å². The predicted molar refractivity (Wildman–Crippen MR) is 140 cm³/mol. The average molecular weight is 503 g/mol. The Kier molecular flexibility index (Phi) is 7.06. The molecule has 8 heteroatoms. The van der Waals surface area contributed by atoms with Gasteiger partial charge in [-0.25, -0.2) is 9.37 Å². The van der Waals surface area contributed by atoms with Crippen LogP contribution in [0.25, 0.3) is 11.1 Å². The maximum atomic E-state index is 14.0. The molecule has 1 aliphatic heterocycles. The van der Waals surface area contributed by atoms with Crippen molar-refractivity contribution in [2.24, 2.45) is 0 Å². The summed E-state index contributed by atoms with van der Waals surface area (Å²) >= 11 is 1.52. The molecule has 2 N–H and O–H groups in total. The Hall–Kier alpha value is -3.62. The van der Waals surface area contributed by atoms with Crippen LogP contribution in [0, 0.1) is 12.7 Å². The van der Waals surface area contributed by atoms with E-state index in [9.17, 15) is 14.3 Å². The number of likely N-dealkylation sites (tertiary alicyclic amines) is 1. The normalized spacial score (nSPS) is 14.6. The third-order valence-electron chi connectivity index (χ3n) is 6.43. The smallest absolute Gasteiger partial charge is 0.275 e. The minimum atomic E-state index is -0.406. The van der Waals surface area contributed by atoms with Crippen molar-refractivity contribution in [1.82, 2.24) is 14.9 Å². The second-order valence-electron chi connectivity index (χ2n) is 9.08. The largest absolute Gasteiger partial charge is 0.508 e. The first-order chi connectivity index (χ1) is 17.4. The van der Waals surface area contributed by atoms with Gasteiger partial charge in [0, 0.05) is 34.8 Å². The zero-order valence-corrected chi connectivity index (χ0v) is 20.8. The fraction of sp³-hybridized carbons (Fsp3) is 0.250. The topological polar surface area (TPSA) is 78.4 Å². The zero-order chi connectivity index (χ0) is 25.1. The minimum Gasteiger partial charge on any atom is -0.508 e. The molecule has 1 saturated heterocycles. The Labute approximate surface area is 213 Å². The van der Waals surface area contributed by atoms with Gasteiger partial charge in [-0.2, -0.15) is 0 Å². The minimum absolute atomic E-state index is 0.119. The Bertz CT molecular complexity index is 1360.